The highest BCUT2D eigenvalue weighted by molar-refractivity contribution is 5.71. The molecular formula is C11H20N2O2. The molecule has 15 heavy (non-hydrogen) atoms. The Morgan fingerprint density at radius 2 is 2.00 bits per heavy atom. The lowest BCUT2D eigenvalue weighted by molar-refractivity contribution is -0.145. The molecule has 0 aromatic heterocycles. The van der Waals surface area contributed by atoms with Crippen molar-refractivity contribution in [1.82, 2.24) is 10.2 Å². The van der Waals surface area contributed by atoms with Gasteiger partial charge in [-0.1, -0.05) is 6.42 Å². The number of carboxylic acid groups (broad SMARTS) is 1. The number of carbonyl (C=O) groups is 1. The standard InChI is InChI=1S/C11H20N2O2/c14-11(15)9-4-5-12-8-10(9)13-6-2-1-3-7-13/h9-10,12H,1-8H2,(H,14,15). The van der Waals surface area contributed by atoms with Crippen LogP contribution in [-0.2, 0) is 4.79 Å². The van der Waals surface area contributed by atoms with E-state index < -0.39 is 5.97 Å². The van der Waals surface area contributed by atoms with Gasteiger partial charge in [-0.05, 0) is 38.9 Å². The molecule has 2 fully saturated rings. The number of aliphatic carboxylic acids is 1. The van der Waals surface area contributed by atoms with Crippen molar-refractivity contribution in [3.05, 3.63) is 0 Å². The van der Waals surface area contributed by atoms with Gasteiger partial charge in [-0.25, -0.2) is 0 Å². The van der Waals surface area contributed by atoms with Crippen molar-refractivity contribution < 1.29 is 9.90 Å². The van der Waals surface area contributed by atoms with E-state index in [2.05, 4.69) is 10.2 Å². The van der Waals surface area contributed by atoms with Gasteiger partial charge in [-0.15, -0.1) is 0 Å². The summed E-state index contributed by atoms with van der Waals surface area (Å²) in [6.07, 6.45) is 4.52. The zero-order valence-corrected chi connectivity index (χ0v) is 9.11. The third-order valence-corrected chi connectivity index (χ3v) is 3.63. The van der Waals surface area contributed by atoms with Crippen LogP contribution in [0.4, 0.5) is 0 Å². The fraction of sp³-hybridized carbons (Fsp3) is 0.909. The van der Waals surface area contributed by atoms with Gasteiger partial charge in [0.1, 0.15) is 0 Å². The molecule has 2 atom stereocenters. The SMILES string of the molecule is O=C(O)C1CCNCC1N1CCCCC1. The summed E-state index contributed by atoms with van der Waals surface area (Å²) in [4.78, 5) is 13.5. The van der Waals surface area contributed by atoms with Crippen LogP contribution in [0.1, 0.15) is 25.7 Å². The molecule has 0 saturated carbocycles. The average Bonchev–Trinajstić information content (AvgIpc) is 2.30. The Kier molecular flexibility index (Phi) is 3.59. The third-order valence-electron chi connectivity index (χ3n) is 3.63. The zero-order valence-electron chi connectivity index (χ0n) is 9.11. The first-order valence-corrected chi connectivity index (χ1v) is 5.96. The van der Waals surface area contributed by atoms with Gasteiger partial charge in [0, 0.05) is 12.6 Å². The summed E-state index contributed by atoms with van der Waals surface area (Å²) in [5.74, 6) is -0.781. The molecule has 2 unspecified atom stereocenters. The van der Waals surface area contributed by atoms with Crippen LogP contribution in [0.25, 0.3) is 0 Å². The smallest absolute Gasteiger partial charge is 0.308 e. The lowest BCUT2D eigenvalue weighted by Crippen LogP contribution is -2.54. The van der Waals surface area contributed by atoms with Crippen LogP contribution in [0.2, 0.25) is 0 Å². The van der Waals surface area contributed by atoms with Gasteiger partial charge < -0.3 is 10.4 Å². The lowest BCUT2D eigenvalue weighted by atomic mass is 9.90. The van der Waals surface area contributed by atoms with Gasteiger partial charge >= 0.3 is 5.97 Å². The van der Waals surface area contributed by atoms with Crippen molar-refractivity contribution in [1.29, 1.82) is 0 Å². The van der Waals surface area contributed by atoms with Crippen LogP contribution in [0.15, 0.2) is 0 Å². The first-order valence-electron chi connectivity index (χ1n) is 5.96. The topological polar surface area (TPSA) is 52.6 Å². The number of hydrogen-bond donors (Lipinski definition) is 2. The maximum Gasteiger partial charge on any atom is 0.308 e. The Labute approximate surface area is 90.6 Å². The Morgan fingerprint density at radius 1 is 1.27 bits per heavy atom. The van der Waals surface area contributed by atoms with Gasteiger partial charge in [0.05, 0.1) is 5.92 Å². The molecular weight excluding hydrogens is 192 g/mol. The van der Waals surface area contributed by atoms with Crippen LogP contribution in [-0.4, -0.2) is 48.2 Å². The molecule has 2 aliphatic rings. The first-order chi connectivity index (χ1) is 7.29. The van der Waals surface area contributed by atoms with Gasteiger partial charge in [0.2, 0.25) is 0 Å². The largest absolute Gasteiger partial charge is 0.481 e. The van der Waals surface area contributed by atoms with E-state index in [-0.39, 0.29) is 12.0 Å². The summed E-state index contributed by atoms with van der Waals surface area (Å²) in [5, 5.41) is 12.5. The molecule has 2 saturated heterocycles. The Hall–Kier alpha value is -0.610. The molecule has 0 spiro atoms. The average molecular weight is 212 g/mol. The molecule has 2 rings (SSSR count). The molecule has 0 amide bonds. The number of carboxylic acids is 1. The van der Waals surface area contributed by atoms with Gasteiger partial charge in [0.25, 0.3) is 0 Å². The van der Waals surface area contributed by atoms with Crippen molar-refractivity contribution in [2.45, 2.75) is 31.7 Å². The second-order valence-corrected chi connectivity index (χ2v) is 4.60. The van der Waals surface area contributed by atoms with E-state index >= 15 is 0 Å². The fourth-order valence-electron chi connectivity index (χ4n) is 2.76. The van der Waals surface area contributed by atoms with E-state index in [4.69, 9.17) is 0 Å². The molecule has 0 radical (unpaired) electrons. The number of nitrogens with zero attached hydrogens (tertiary/aromatic N) is 1. The van der Waals surface area contributed by atoms with Gasteiger partial charge in [0.15, 0.2) is 0 Å². The van der Waals surface area contributed by atoms with Crippen molar-refractivity contribution in [3.63, 3.8) is 0 Å². The highest BCUT2D eigenvalue weighted by Gasteiger charge is 2.34. The number of piperidine rings is 2. The van der Waals surface area contributed by atoms with Crippen LogP contribution in [0, 0.1) is 5.92 Å². The molecule has 0 aliphatic carbocycles. The van der Waals surface area contributed by atoms with Crippen molar-refractivity contribution in [2.75, 3.05) is 26.2 Å². The third kappa shape index (κ3) is 2.49. The molecule has 4 heteroatoms. The zero-order chi connectivity index (χ0) is 10.7. The number of nitrogens with one attached hydrogen (secondary N) is 1. The van der Waals surface area contributed by atoms with Gasteiger partial charge in [-0.3, -0.25) is 9.69 Å². The van der Waals surface area contributed by atoms with Crippen molar-refractivity contribution in [3.8, 4) is 0 Å². The van der Waals surface area contributed by atoms with E-state index in [1.165, 1.54) is 19.3 Å². The van der Waals surface area contributed by atoms with E-state index in [0.717, 1.165) is 32.6 Å². The highest BCUT2D eigenvalue weighted by atomic mass is 16.4. The van der Waals surface area contributed by atoms with Crippen LogP contribution >= 0.6 is 0 Å². The normalized spacial score (nSPS) is 33.9. The fourth-order valence-corrected chi connectivity index (χ4v) is 2.76. The first kappa shape index (κ1) is 10.9. The quantitative estimate of drug-likeness (QED) is 0.701. The number of hydrogen-bond acceptors (Lipinski definition) is 3. The van der Waals surface area contributed by atoms with E-state index in [9.17, 15) is 9.90 Å². The summed E-state index contributed by atoms with van der Waals surface area (Å²) in [5.41, 5.74) is 0. The summed E-state index contributed by atoms with van der Waals surface area (Å²) in [6, 6.07) is 0.219. The molecule has 0 aromatic rings. The van der Waals surface area contributed by atoms with Gasteiger partial charge in [-0.2, -0.15) is 0 Å². The summed E-state index contributed by atoms with van der Waals surface area (Å²) in [7, 11) is 0. The highest BCUT2D eigenvalue weighted by Crippen LogP contribution is 2.22. The molecule has 0 aromatic carbocycles. The summed E-state index contributed by atoms with van der Waals surface area (Å²) < 4.78 is 0. The minimum atomic E-state index is -0.618. The predicted octanol–water partition coefficient (Wildman–Crippen LogP) is 0.535. The van der Waals surface area contributed by atoms with E-state index in [1.54, 1.807) is 0 Å². The predicted molar refractivity (Wildman–Crippen MR) is 57.8 cm³/mol. The molecule has 86 valence electrons. The Balaban J connectivity index is 1.99. The van der Waals surface area contributed by atoms with Crippen molar-refractivity contribution in [2.24, 2.45) is 5.92 Å². The molecule has 4 nitrogen and oxygen atoms in total. The minimum Gasteiger partial charge on any atom is -0.481 e. The number of likely N-dealkylation sites (tertiary alicyclic amines) is 1. The molecule has 2 aliphatic heterocycles. The number of rotatable bonds is 2. The Morgan fingerprint density at radius 3 is 2.67 bits per heavy atom. The van der Waals surface area contributed by atoms with Crippen LogP contribution in [0.5, 0.6) is 0 Å². The van der Waals surface area contributed by atoms with Crippen LogP contribution in [0.3, 0.4) is 0 Å². The summed E-state index contributed by atoms with van der Waals surface area (Å²) >= 11 is 0. The second kappa shape index (κ2) is 4.94. The monoisotopic (exact) mass is 212 g/mol. The van der Waals surface area contributed by atoms with E-state index in [0.29, 0.717) is 0 Å². The van der Waals surface area contributed by atoms with Crippen LogP contribution < -0.4 is 5.32 Å². The second-order valence-electron chi connectivity index (χ2n) is 4.60. The maximum absolute atomic E-state index is 11.2. The molecule has 0 bridgehead atoms. The molecule has 2 heterocycles. The minimum absolute atomic E-state index is 0.163. The lowest BCUT2D eigenvalue weighted by Gasteiger charge is -2.40. The van der Waals surface area contributed by atoms with Crippen molar-refractivity contribution >= 4 is 5.97 Å². The van der Waals surface area contributed by atoms with E-state index in [1.807, 2.05) is 0 Å². The molecule has 2 N–H and O–H groups in total. The Bertz CT molecular complexity index is 227. The summed E-state index contributed by atoms with van der Waals surface area (Å²) in [6.45, 7) is 3.85. The maximum atomic E-state index is 11.2.